The molecule has 4 aromatic rings. The molecule has 10 nitrogen and oxygen atoms in total. The number of benzene rings is 2. The lowest BCUT2D eigenvalue weighted by Gasteiger charge is -2.26. The zero-order valence-corrected chi connectivity index (χ0v) is 23.1. The largest absolute Gasteiger partial charge is 0.495 e. The van der Waals surface area contributed by atoms with Crippen molar-refractivity contribution in [2.45, 2.75) is 46.3 Å². The van der Waals surface area contributed by atoms with Crippen molar-refractivity contribution in [1.29, 1.82) is 0 Å². The van der Waals surface area contributed by atoms with Crippen LogP contribution in [-0.2, 0) is 0 Å². The van der Waals surface area contributed by atoms with Crippen LogP contribution in [0.1, 0.15) is 60.7 Å². The Labute approximate surface area is 225 Å². The third-order valence-corrected chi connectivity index (χ3v) is 6.37. The van der Waals surface area contributed by atoms with Crippen molar-refractivity contribution in [3.05, 3.63) is 35.8 Å². The van der Waals surface area contributed by atoms with Crippen LogP contribution in [0.4, 0.5) is 0 Å². The second-order valence-corrected chi connectivity index (χ2v) is 8.79. The Morgan fingerprint density at radius 3 is 1.44 bits per heavy atom. The molecule has 0 spiro atoms. The molecule has 0 bridgehead atoms. The maximum atomic E-state index is 12.9. The highest BCUT2D eigenvalue weighted by atomic mass is 16.7. The number of fused-ring (bicyclic) bond motifs is 2. The van der Waals surface area contributed by atoms with E-state index < -0.39 is 6.29 Å². The van der Waals surface area contributed by atoms with Crippen LogP contribution in [0.2, 0.25) is 0 Å². The summed E-state index contributed by atoms with van der Waals surface area (Å²) < 4.78 is 46.7. The summed E-state index contributed by atoms with van der Waals surface area (Å²) in [5.74, 6) is 0.581. The van der Waals surface area contributed by atoms with Gasteiger partial charge in [-0.25, -0.2) is 0 Å². The van der Waals surface area contributed by atoms with E-state index in [-0.39, 0.29) is 57.2 Å². The fourth-order valence-corrected chi connectivity index (χ4v) is 4.67. The number of ether oxygens (including phenoxy) is 6. The Hall–Kier alpha value is -4.34. The summed E-state index contributed by atoms with van der Waals surface area (Å²) >= 11 is 0. The van der Waals surface area contributed by atoms with E-state index in [1.807, 2.05) is 6.92 Å². The third kappa shape index (κ3) is 4.82. The van der Waals surface area contributed by atoms with Crippen LogP contribution in [0.15, 0.2) is 33.5 Å². The summed E-state index contributed by atoms with van der Waals surface area (Å²) in [6, 6.07) is 3.37. The fraction of sp³-hybridized carbons (Fsp3) is 0.379. The Kier molecular flexibility index (Phi) is 8.23. The average Bonchev–Trinajstić information content (AvgIpc) is 3.60. The first-order valence-corrected chi connectivity index (χ1v) is 12.5. The zero-order valence-electron chi connectivity index (χ0n) is 23.1. The van der Waals surface area contributed by atoms with Gasteiger partial charge in [0.25, 0.3) is 0 Å². The molecule has 10 heteroatoms. The molecule has 0 aliphatic rings. The van der Waals surface area contributed by atoms with Gasteiger partial charge in [0.1, 0.15) is 22.6 Å². The van der Waals surface area contributed by atoms with E-state index in [1.54, 1.807) is 12.1 Å². The summed E-state index contributed by atoms with van der Waals surface area (Å²) in [5, 5.41) is 1.12. The number of ketones is 2. The number of unbranched alkanes of at least 4 members (excludes halogenated alkanes) is 1. The lowest BCUT2D eigenvalue weighted by atomic mass is 10.0. The molecule has 0 amide bonds. The highest BCUT2D eigenvalue weighted by Crippen LogP contribution is 2.49. The second kappa shape index (κ2) is 11.6. The number of carbonyl (C=O) groups is 2. The molecule has 0 aliphatic heterocycles. The predicted octanol–water partition coefficient (Wildman–Crippen LogP) is 6.59. The third-order valence-electron chi connectivity index (χ3n) is 6.37. The maximum absolute atomic E-state index is 12.9. The monoisotopic (exact) mass is 540 g/mol. The van der Waals surface area contributed by atoms with Crippen molar-refractivity contribution in [3.63, 3.8) is 0 Å². The Morgan fingerprint density at radius 1 is 0.692 bits per heavy atom. The number of carbonyl (C=O) groups excluding carboxylic acids is 2. The number of hydrogen-bond donors (Lipinski definition) is 0. The SMILES string of the molecule is CCCCC(Oc1c(C(C)=O)c(OC)c2ccoc2c1OC)Oc1c(C(C)=O)c(OC)c2ccoc2c1OC. The van der Waals surface area contributed by atoms with Gasteiger partial charge in [0.15, 0.2) is 34.2 Å². The van der Waals surface area contributed by atoms with Crippen LogP contribution in [0.5, 0.6) is 34.5 Å². The van der Waals surface area contributed by atoms with Gasteiger partial charge < -0.3 is 37.3 Å². The lowest BCUT2D eigenvalue weighted by molar-refractivity contribution is -0.00645. The standard InChI is InChI=1S/C29H32O10/c1-8-9-10-19(38-26-20(15(2)30)22(32-4)17-11-13-36-24(17)28(26)34-6)39-27-21(16(3)31)23(33-5)18-12-14-37-25(18)29(27)35-7/h11-14,19H,8-10H2,1-7H3. The number of Topliss-reactive ketones (excluding diaryl/α,β-unsaturated/α-hetero) is 2. The Bertz CT molecular complexity index is 1400. The summed E-state index contributed by atoms with van der Waals surface area (Å²) in [5.41, 5.74) is 1.05. The molecular formula is C29H32O10. The number of hydrogen-bond acceptors (Lipinski definition) is 10. The van der Waals surface area contributed by atoms with Crippen molar-refractivity contribution in [1.82, 2.24) is 0 Å². The molecule has 0 atom stereocenters. The van der Waals surface area contributed by atoms with Gasteiger partial charge in [0.2, 0.25) is 17.8 Å². The van der Waals surface area contributed by atoms with E-state index in [1.165, 1.54) is 54.8 Å². The van der Waals surface area contributed by atoms with Gasteiger partial charge in [0.05, 0.1) is 51.7 Å². The first kappa shape index (κ1) is 27.7. The summed E-state index contributed by atoms with van der Waals surface area (Å²) in [6.45, 7) is 4.84. The number of rotatable bonds is 13. The molecule has 0 radical (unpaired) electrons. The van der Waals surface area contributed by atoms with Crippen LogP contribution in [0.25, 0.3) is 21.9 Å². The number of methoxy groups -OCH3 is 4. The quantitative estimate of drug-likeness (QED) is 0.136. The molecule has 0 unspecified atom stereocenters. The highest BCUT2D eigenvalue weighted by molar-refractivity contribution is 6.09. The van der Waals surface area contributed by atoms with Crippen molar-refractivity contribution >= 4 is 33.5 Å². The molecule has 2 aromatic heterocycles. The molecule has 0 fully saturated rings. The van der Waals surface area contributed by atoms with Gasteiger partial charge in [0, 0.05) is 6.42 Å². The fourth-order valence-electron chi connectivity index (χ4n) is 4.67. The molecule has 0 aliphatic carbocycles. The molecule has 0 N–H and O–H groups in total. The molecule has 39 heavy (non-hydrogen) atoms. The van der Waals surface area contributed by atoms with Gasteiger partial charge in [-0.3, -0.25) is 9.59 Å². The van der Waals surface area contributed by atoms with Gasteiger partial charge in [-0.15, -0.1) is 0 Å². The second-order valence-electron chi connectivity index (χ2n) is 8.79. The van der Waals surface area contributed by atoms with Crippen LogP contribution < -0.4 is 28.4 Å². The minimum absolute atomic E-state index is 0.0970. The molecule has 0 saturated carbocycles. The minimum Gasteiger partial charge on any atom is -0.495 e. The Balaban J connectivity index is 1.93. The predicted molar refractivity (Wildman–Crippen MR) is 143 cm³/mol. The van der Waals surface area contributed by atoms with Crippen LogP contribution in [0.3, 0.4) is 0 Å². The molecule has 0 saturated heterocycles. The van der Waals surface area contributed by atoms with E-state index in [2.05, 4.69) is 0 Å². The average molecular weight is 541 g/mol. The van der Waals surface area contributed by atoms with E-state index >= 15 is 0 Å². The molecular weight excluding hydrogens is 508 g/mol. The van der Waals surface area contributed by atoms with E-state index in [0.717, 1.165) is 6.42 Å². The van der Waals surface area contributed by atoms with E-state index in [9.17, 15) is 9.59 Å². The van der Waals surface area contributed by atoms with Crippen molar-refractivity contribution in [3.8, 4) is 34.5 Å². The minimum atomic E-state index is -0.988. The van der Waals surface area contributed by atoms with E-state index in [0.29, 0.717) is 34.8 Å². The van der Waals surface area contributed by atoms with Gasteiger partial charge in [-0.05, 0) is 32.4 Å². The van der Waals surface area contributed by atoms with Crippen molar-refractivity contribution in [2.75, 3.05) is 28.4 Å². The van der Waals surface area contributed by atoms with Gasteiger partial charge >= 0.3 is 0 Å². The normalized spacial score (nSPS) is 11.2. The zero-order chi connectivity index (χ0) is 28.3. The Morgan fingerprint density at radius 2 is 1.10 bits per heavy atom. The highest BCUT2D eigenvalue weighted by Gasteiger charge is 2.32. The van der Waals surface area contributed by atoms with Crippen LogP contribution >= 0.6 is 0 Å². The van der Waals surface area contributed by atoms with Crippen molar-refractivity contribution in [2.24, 2.45) is 0 Å². The van der Waals surface area contributed by atoms with Crippen molar-refractivity contribution < 1.29 is 46.8 Å². The lowest BCUT2D eigenvalue weighted by Crippen LogP contribution is -2.26. The number of furan rings is 2. The van der Waals surface area contributed by atoms with Crippen LogP contribution in [0, 0.1) is 0 Å². The first-order valence-electron chi connectivity index (χ1n) is 12.5. The summed E-state index contributed by atoms with van der Waals surface area (Å²) in [7, 11) is 5.83. The first-order chi connectivity index (χ1) is 18.8. The van der Waals surface area contributed by atoms with Crippen LogP contribution in [-0.4, -0.2) is 46.3 Å². The maximum Gasteiger partial charge on any atom is 0.241 e. The molecule has 208 valence electrons. The smallest absolute Gasteiger partial charge is 0.241 e. The van der Waals surface area contributed by atoms with E-state index in [4.69, 9.17) is 37.3 Å². The topological polar surface area (TPSA) is 116 Å². The summed E-state index contributed by atoms with van der Waals surface area (Å²) in [4.78, 5) is 25.8. The molecule has 2 aromatic carbocycles. The van der Waals surface area contributed by atoms with Gasteiger partial charge in [-0.1, -0.05) is 13.3 Å². The summed E-state index contributed by atoms with van der Waals surface area (Å²) in [6.07, 6.45) is 3.90. The molecule has 2 heterocycles. The molecule has 4 rings (SSSR count). The van der Waals surface area contributed by atoms with Gasteiger partial charge in [-0.2, -0.15) is 0 Å².